The maximum absolute atomic E-state index is 12.6. The number of halogens is 1. The highest BCUT2D eigenvalue weighted by molar-refractivity contribution is 7.89. The van der Waals surface area contributed by atoms with E-state index in [1.165, 1.54) is 23.8 Å². The minimum atomic E-state index is -3.63. The van der Waals surface area contributed by atoms with E-state index in [0.29, 0.717) is 18.8 Å². The molecule has 2 fully saturated rings. The fourth-order valence-electron chi connectivity index (χ4n) is 4.32. The average Bonchev–Trinajstić information content (AvgIpc) is 3.31. The van der Waals surface area contributed by atoms with E-state index >= 15 is 0 Å². The molecule has 2 aliphatic rings. The Morgan fingerprint density at radius 1 is 1.03 bits per heavy atom. The van der Waals surface area contributed by atoms with Crippen LogP contribution in [0.5, 0.6) is 5.75 Å². The number of nitrogens with zero attached hydrogens (tertiary/aromatic N) is 2. The summed E-state index contributed by atoms with van der Waals surface area (Å²) >= 11 is 6.27. The molecule has 1 saturated heterocycles. The summed E-state index contributed by atoms with van der Waals surface area (Å²) in [5.74, 6) is 0.192. The molecule has 7 nitrogen and oxygen atoms in total. The first-order valence-corrected chi connectivity index (χ1v) is 13.3. The highest BCUT2D eigenvalue weighted by Crippen LogP contribution is 2.28. The summed E-state index contributed by atoms with van der Waals surface area (Å²) in [6, 6.07) is 14.6. The molecular formula is C24H30ClN3O4S. The van der Waals surface area contributed by atoms with Crippen molar-refractivity contribution < 1.29 is 17.9 Å². The Morgan fingerprint density at radius 2 is 1.73 bits per heavy atom. The number of benzene rings is 2. The summed E-state index contributed by atoms with van der Waals surface area (Å²) in [6.07, 6.45) is 3.79. The lowest BCUT2D eigenvalue weighted by Crippen LogP contribution is -2.49. The molecule has 1 amide bonds. The SMILES string of the molecule is O=C(COc1ccc(S(=O)(=O)NC2CCCC2)cc1Cl)N1CCN(Cc2ccccc2)CC1. The fourth-order valence-corrected chi connectivity index (χ4v) is 5.96. The molecule has 1 aliphatic carbocycles. The van der Waals surface area contributed by atoms with Crippen molar-refractivity contribution in [2.45, 2.75) is 43.2 Å². The van der Waals surface area contributed by atoms with Crippen LogP contribution in [0.3, 0.4) is 0 Å². The summed E-state index contributed by atoms with van der Waals surface area (Å²) in [4.78, 5) is 16.8. The molecule has 1 saturated carbocycles. The van der Waals surface area contributed by atoms with Crippen molar-refractivity contribution in [2.75, 3.05) is 32.8 Å². The Balaban J connectivity index is 1.26. The normalized spacial score (nSPS) is 17.9. The molecule has 0 bridgehead atoms. The number of hydrogen-bond acceptors (Lipinski definition) is 5. The number of carbonyl (C=O) groups is 1. The van der Waals surface area contributed by atoms with Crippen molar-refractivity contribution >= 4 is 27.5 Å². The van der Waals surface area contributed by atoms with Crippen molar-refractivity contribution in [3.63, 3.8) is 0 Å². The predicted molar refractivity (Wildman–Crippen MR) is 128 cm³/mol. The lowest BCUT2D eigenvalue weighted by atomic mass is 10.2. The van der Waals surface area contributed by atoms with Gasteiger partial charge in [-0.25, -0.2) is 13.1 Å². The minimum Gasteiger partial charge on any atom is -0.482 e. The first-order valence-electron chi connectivity index (χ1n) is 11.4. The predicted octanol–water partition coefficient (Wildman–Crippen LogP) is 3.28. The van der Waals surface area contributed by atoms with Crippen LogP contribution >= 0.6 is 11.6 Å². The molecule has 33 heavy (non-hydrogen) atoms. The Bertz CT molecular complexity index is 1050. The summed E-state index contributed by atoms with van der Waals surface area (Å²) in [6.45, 7) is 3.65. The molecule has 0 atom stereocenters. The highest BCUT2D eigenvalue weighted by atomic mass is 35.5. The highest BCUT2D eigenvalue weighted by Gasteiger charge is 2.24. The average molecular weight is 492 g/mol. The maximum atomic E-state index is 12.6. The second-order valence-electron chi connectivity index (χ2n) is 8.63. The molecular weight excluding hydrogens is 462 g/mol. The van der Waals surface area contributed by atoms with Gasteiger partial charge in [-0.1, -0.05) is 54.8 Å². The lowest BCUT2D eigenvalue weighted by Gasteiger charge is -2.34. The van der Waals surface area contributed by atoms with Crippen LogP contribution in [0, 0.1) is 0 Å². The van der Waals surface area contributed by atoms with Crippen LogP contribution in [0.25, 0.3) is 0 Å². The van der Waals surface area contributed by atoms with Crippen LogP contribution in [0.15, 0.2) is 53.4 Å². The summed E-state index contributed by atoms with van der Waals surface area (Å²) in [7, 11) is -3.63. The maximum Gasteiger partial charge on any atom is 0.260 e. The van der Waals surface area contributed by atoms with Crippen LogP contribution in [-0.4, -0.2) is 63.0 Å². The van der Waals surface area contributed by atoms with E-state index in [2.05, 4.69) is 21.8 Å². The topological polar surface area (TPSA) is 78.9 Å². The van der Waals surface area contributed by atoms with E-state index in [9.17, 15) is 13.2 Å². The van der Waals surface area contributed by atoms with Gasteiger partial charge in [0.2, 0.25) is 10.0 Å². The van der Waals surface area contributed by atoms with E-state index in [4.69, 9.17) is 16.3 Å². The van der Waals surface area contributed by atoms with Gasteiger partial charge in [0.25, 0.3) is 5.91 Å². The third-order valence-electron chi connectivity index (χ3n) is 6.22. The van der Waals surface area contributed by atoms with Gasteiger partial charge in [0.15, 0.2) is 6.61 Å². The molecule has 178 valence electrons. The zero-order chi connectivity index (χ0) is 23.3. The summed E-state index contributed by atoms with van der Waals surface area (Å²) in [5, 5.41) is 0.171. The number of ether oxygens (including phenoxy) is 1. The van der Waals surface area contributed by atoms with E-state index in [-0.39, 0.29) is 28.5 Å². The van der Waals surface area contributed by atoms with Gasteiger partial charge in [0.05, 0.1) is 9.92 Å². The van der Waals surface area contributed by atoms with Gasteiger partial charge in [-0.15, -0.1) is 0 Å². The van der Waals surface area contributed by atoms with Gasteiger partial charge in [-0.3, -0.25) is 9.69 Å². The standard InChI is InChI=1S/C24H30ClN3O4S/c25-22-16-21(33(30,31)26-20-8-4-5-9-20)10-11-23(22)32-18-24(29)28-14-12-27(13-15-28)17-19-6-2-1-3-7-19/h1-3,6-7,10-11,16,20,26H,4-5,8-9,12-15,17-18H2. The van der Waals surface area contributed by atoms with E-state index in [0.717, 1.165) is 45.3 Å². The fraction of sp³-hybridized carbons (Fsp3) is 0.458. The number of rotatable bonds is 8. The Hall–Kier alpha value is -2.13. The Kier molecular flexibility index (Phi) is 7.90. The second kappa shape index (κ2) is 10.9. The van der Waals surface area contributed by atoms with Crippen molar-refractivity contribution in [1.29, 1.82) is 0 Å². The number of nitrogens with one attached hydrogen (secondary N) is 1. The quantitative estimate of drug-likeness (QED) is 0.613. The molecule has 2 aromatic rings. The molecule has 0 radical (unpaired) electrons. The van der Waals surface area contributed by atoms with Gasteiger partial charge in [0.1, 0.15) is 5.75 Å². The zero-order valence-corrected chi connectivity index (χ0v) is 20.2. The van der Waals surface area contributed by atoms with Crippen molar-refractivity contribution in [3.05, 3.63) is 59.1 Å². The van der Waals surface area contributed by atoms with Crippen LogP contribution < -0.4 is 9.46 Å². The molecule has 9 heteroatoms. The molecule has 0 spiro atoms. The molecule has 1 aliphatic heterocycles. The first-order chi connectivity index (χ1) is 15.9. The van der Waals surface area contributed by atoms with Gasteiger partial charge in [-0.2, -0.15) is 0 Å². The van der Waals surface area contributed by atoms with E-state index in [1.807, 2.05) is 18.2 Å². The van der Waals surface area contributed by atoms with Crippen LogP contribution in [0.4, 0.5) is 0 Å². The molecule has 2 aromatic carbocycles. The molecule has 0 unspecified atom stereocenters. The van der Waals surface area contributed by atoms with Gasteiger partial charge in [0, 0.05) is 38.8 Å². The van der Waals surface area contributed by atoms with E-state index in [1.54, 1.807) is 4.90 Å². The van der Waals surface area contributed by atoms with Gasteiger partial charge < -0.3 is 9.64 Å². The van der Waals surface area contributed by atoms with Crippen LogP contribution in [0.1, 0.15) is 31.2 Å². The summed E-state index contributed by atoms with van der Waals surface area (Å²) < 4.78 is 33.5. The monoisotopic (exact) mass is 491 g/mol. The van der Waals surface area contributed by atoms with Gasteiger partial charge >= 0.3 is 0 Å². The smallest absolute Gasteiger partial charge is 0.260 e. The second-order valence-corrected chi connectivity index (χ2v) is 10.7. The van der Waals surface area contributed by atoms with Crippen LogP contribution in [-0.2, 0) is 21.4 Å². The summed E-state index contributed by atoms with van der Waals surface area (Å²) in [5.41, 5.74) is 1.26. The lowest BCUT2D eigenvalue weighted by molar-refractivity contribution is -0.135. The Labute approximate surface area is 200 Å². The third-order valence-corrected chi connectivity index (χ3v) is 8.03. The third kappa shape index (κ3) is 6.47. The van der Waals surface area contributed by atoms with Gasteiger partial charge in [-0.05, 0) is 36.6 Å². The first kappa shape index (κ1) is 24.0. The minimum absolute atomic E-state index is 0.0181. The number of hydrogen-bond donors (Lipinski definition) is 1. The Morgan fingerprint density at radius 3 is 2.39 bits per heavy atom. The number of carbonyl (C=O) groups excluding carboxylic acids is 1. The zero-order valence-electron chi connectivity index (χ0n) is 18.6. The number of amides is 1. The van der Waals surface area contributed by atoms with Crippen LogP contribution in [0.2, 0.25) is 5.02 Å². The number of sulfonamides is 1. The molecule has 4 rings (SSSR count). The van der Waals surface area contributed by atoms with Crippen molar-refractivity contribution in [3.8, 4) is 5.75 Å². The molecule has 1 N–H and O–H groups in total. The number of piperazine rings is 1. The van der Waals surface area contributed by atoms with Crippen molar-refractivity contribution in [1.82, 2.24) is 14.5 Å². The van der Waals surface area contributed by atoms with E-state index < -0.39 is 10.0 Å². The molecule has 0 aromatic heterocycles. The molecule has 1 heterocycles. The van der Waals surface area contributed by atoms with Crippen molar-refractivity contribution in [2.24, 2.45) is 0 Å². The largest absolute Gasteiger partial charge is 0.482 e.